The Kier molecular flexibility index (Phi) is 53.3. The van der Waals surface area contributed by atoms with E-state index in [1.807, 2.05) is 0 Å². The molecular weight excluding hydrogens is 2110 g/mol. The van der Waals surface area contributed by atoms with Crippen molar-refractivity contribution >= 4 is 204 Å². The number of unbranched alkanes of at least 4 members (excludes halogenated alkanes) is 2. The van der Waals surface area contributed by atoms with E-state index >= 15 is 0 Å². The maximum Gasteiger partial charge on any atom is 2.00 e. The molecule has 0 bridgehead atoms. The van der Waals surface area contributed by atoms with Crippen molar-refractivity contribution in [1.82, 2.24) is 0 Å². The second-order valence-electron chi connectivity index (χ2n) is 55.5. The fourth-order valence-electron chi connectivity index (χ4n) is 32.5. The van der Waals surface area contributed by atoms with E-state index < -0.39 is 190 Å². The van der Waals surface area contributed by atoms with Crippen molar-refractivity contribution in [2.75, 3.05) is 39.6 Å². The molecule has 0 unspecified atom stereocenters. The summed E-state index contributed by atoms with van der Waals surface area (Å²) in [6, 6.07) is 3.07. The van der Waals surface area contributed by atoms with Crippen LogP contribution < -0.4 is 10.2 Å². The molecule has 110 heavy (non-hydrogen) atoms. The Hall–Kier alpha value is 8.95. The van der Waals surface area contributed by atoms with Gasteiger partial charge in [-0.25, -0.2) is 0 Å². The van der Waals surface area contributed by atoms with Crippen LogP contribution in [0.2, 0.25) is 405 Å². The third-order valence-corrected chi connectivity index (χ3v) is 692. The Balaban J connectivity index is -0.000000312. The molecule has 2 aliphatic heterocycles. The monoisotopic (exact) mass is 2320 g/mol. The van der Waals surface area contributed by atoms with Gasteiger partial charge in [-0.15, -0.1) is 55.9 Å². The SMILES string of the molecule is C1CCOC1.C1CCOC1.C[Si](C)(C)[Si-]([Si](C)(C)C)[Si]([Si](C)(C)C)([Si](C)(C)C)[Si](C)(C)C.C[Si](C)(C)[Si-]([Si](C)(C)C)[Si]([Si](C)(C)C)([Si](C)(C)C)[Si](C)(C)C.C[Si](C)(C)[Si](CCCC[O-])([Si](C)(C)C)[Si]([Si](C)(C)C)([Si](C)(C)C)[Si](C)(C)C.C[Si](C)(C)[Si](CCCC[O-])([Si](C)(C)C)[Si]([Si](C)(C)C)([Si](C)(C)C)[Si](C)(C)C.[Yb+2].[Yb+2]. The van der Waals surface area contributed by atoms with Crippen molar-refractivity contribution in [2.45, 2.75) is 456 Å². The molecule has 0 spiro atoms. The zero-order valence-corrected chi connectivity index (χ0v) is 119. The molecule has 0 amide bonds. The molecule has 0 atom stereocenters. The molecule has 0 aromatic carbocycles. The van der Waals surface area contributed by atoms with E-state index in [1.165, 1.54) is 50.6 Å². The van der Waals surface area contributed by atoms with E-state index in [4.69, 9.17) is 9.47 Å². The summed E-state index contributed by atoms with van der Waals surface area (Å²) in [5, 5.41) is 22.9. The van der Waals surface area contributed by atoms with Gasteiger partial charge in [-0.3, -0.25) is 14.7 Å². The first-order valence-electron chi connectivity index (χ1n) is 44.4. The van der Waals surface area contributed by atoms with Gasteiger partial charge in [0.2, 0.25) is 0 Å². The molecule has 0 aliphatic carbocycles. The van der Waals surface area contributed by atoms with Crippen LogP contribution in [0.3, 0.4) is 0 Å². The third-order valence-electron chi connectivity index (χ3n) is 27.2. The number of ether oxygens (including phenoxy) is 2. The molecule has 0 saturated carbocycles. The van der Waals surface area contributed by atoms with Gasteiger partial charge in [0.1, 0.15) is 0 Å². The largest absolute Gasteiger partial charge is 2.00 e. The first-order valence-corrected chi connectivity index (χ1v) is 154. The fraction of sp³-hybridized carbons (Fsp3) is 1.00. The van der Waals surface area contributed by atoms with Crippen LogP contribution in [0.4, 0.5) is 0 Å². The summed E-state index contributed by atoms with van der Waals surface area (Å²) < 4.78 is 9.89. The maximum atomic E-state index is 11.4. The number of rotatable bonds is 32. The van der Waals surface area contributed by atoms with Crippen LogP contribution in [0.15, 0.2) is 0 Å². The van der Waals surface area contributed by atoms with Crippen molar-refractivity contribution in [3.8, 4) is 0 Å². The zero-order valence-electron chi connectivity index (χ0n) is 87.5. The quantitative estimate of drug-likeness (QED) is 0.0497. The van der Waals surface area contributed by atoms with Crippen LogP contribution in [-0.4, -0.2) is 244 Å². The number of hydrogen-bond acceptors (Lipinski definition) is 4. The van der Waals surface area contributed by atoms with E-state index in [1.54, 1.807) is 0 Å². The average molecular weight is 2320 g/mol. The van der Waals surface area contributed by atoms with Crippen LogP contribution >= 0.6 is 0 Å². The summed E-state index contributed by atoms with van der Waals surface area (Å²) in [6.07, 6.45) is 4.30. The van der Waals surface area contributed by atoms with Crippen molar-refractivity contribution in [1.29, 1.82) is 0 Å². The molecule has 4 nitrogen and oxygen atoms in total. The average Bonchev–Trinajstić information content (AvgIpc) is 0.727. The Bertz CT molecular complexity index is 2220. The van der Waals surface area contributed by atoms with Crippen LogP contribution in [0.1, 0.15) is 51.4 Å². The van der Waals surface area contributed by atoms with Gasteiger partial charge >= 0.3 is 93.8 Å². The van der Waals surface area contributed by atoms with Gasteiger partial charge < -0.3 is 19.7 Å². The minimum atomic E-state index is -1.46. The van der Waals surface area contributed by atoms with Crippen LogP contribution in [-0.2, 0) is 9.47 Å². The summed E-state index contributed by atoms with van der Waals surface area (Å²) in [7, 11) is -24.3. The Morgan fingerprint density at radius 1 is 0.200 bits per heavy atom. The van der Waals surface area contributed by atoms with Gasteiger partial charge in [0, 0.05) is 173 Å². The molecule has 34 heteroatoms. The second-order valence-corrected chi connectivity index (χ2v) is 362. The first kappa shape index (κ1) is 130. The molecule has 0 radical (unpaired) electrons. The topological polar surface area (TPSA) is 64.6 Å². The molecule has 0 aromatic heterocycles. The third kappa shape index (κ3) is 30.0. The van der Waals surface area contributed by atoms with E-state index in [0.29, 0.717) is 0 Å². The van der Waals surface area contributed by atoms with Gasteiger partial charge in [0.25, 0.3) is 0 Å². The minimum Gasteiger partial charge on any atom is -0.854 e. The predicted molar refractivity (Wildman–Crippen MR) is 591 cm³/mol. The number of hydrogen-bond donors (Lipinski definition) is 0. The maximum absolute atomic E-state index is 11.4. The summed E-state index contributed by atoms with van der Waals surface area (Å²) in [6.45, 7) is 169. The van der Waals surface area contributed by atoms with Crippen molar-refractivity contribution in [3.63, 3.8) is 0 Å². The standard InChI is InChI=1S/2C19H53OSi7.2C15H45Si7.2C4H8O.2Yb/c2*1-21(2,3)26(22(4,5)6,19-17-16-18-20)27(23(7,8)9,24(10,11)12)25(13,14)15;2*1-17(2,3)16(18(4,5)6)22(19(7,8)9,20(10,11)12)21(13,14)15;2*1-2-4-5-3-1;;/h2*16-19H2,1-15H3;2*1-15H3;2*1-4H2;;/q4*-1;;;2*+2. The normalized spacial score (nSPS) is 16.6. The summed E-state index contributed by atoms with van der Waals surface area (Å²) in [4.78, 5) is 0. The minimum absolute atomic E-state index is 0. The van der Waals surface area contributed by atoms with E-state index in [-0.39, 0.29) is 122 Å². The van der Waals surface area contributed by atoms with Crippen LogP contribution in [0, 0.1) is 93.8 Å². The second kappa shape index (κ2) is 45.2. The summed E-state index contributed by atoms with van der Waals surface area (Å²) in [5.74, 6) is 0. The molecule has 2 rings (SSSR count). The van der Waals surface area contributed by atoms with Gasteiger partial charge in [0.15, 0.2) is 0 Å². The van der Waals surface area contributed by atoms with Crippen molar-refractivity contribution in [2.24, 2.45) is 0 Å². The van der Waals surface area contributed by atoms with Crippen molar-refractivity contribution < 1.29 is 114 Å². The van der Waals surface area contributed by atoms with Crippen LogP contribution in [0.5, 0.6) is 0 Å². The van der Waals surface area contributed by atoms with Gasteiger partial charge in [0.05, 0.1) is 0 Å². The fourth-order valence-corrected chi connectivity index (χ4v) is 1290. The van der Waals surface area contributed by atoms with E-state index in [2.05, 4.69) is 393 Å². The molecule has 2 aliphatic rings. The molecule has 0 aromatic rings. The van der Waals surface area contributed by atoms with Gasteiger partial charge in [-0.05, 0) is 25.7 Å². The Labute approximate surface area is 801 Å². The van der Waals surface area contributed by atoms with E-state index in [9.17, 15) is 10.2 Å². The smallest absolute Gasteiger partial charge is 0.854 e. The predicted octanol–water partition coefficient (Wildman–Crippen LogP) is 26.1. The molecular formula is C76H212O4Si28Yb2. The Morgan fingerprint density at radius 3 is 0.400 bits per heavy atom. The molecule has 680 valence electrons. The first-order chi connectivity index (χ1) is 46.4. The summed E-state index contributed by atoms with van der Waals surface area (Å²) >= 11 is 0. The summed E-state index contributed by atoms with van der Waals surface area (Å²) in [5.41, 5.74) is 0. The molecule has 2 fully saturated rings. The molecule has 0 N–H and O–H groups in total. The molecule has 2 heterocycles. The molecule has 2 saturated heterocycles. The zero-order chi connectivity index (χ0) is 88.9. The van der Waals surface area contributed by atoms with Gasteiger partial charge in [-0.1, -0.05) is 431 Å². The van der Waals surface area contributed by atoms with E-state index in [0.717, 1.165) is 39.3 Å². The van der Waals surface area contributed by atoms with Gasteiger partial charge in [-0.2, -0.15) is 0 Å². The van der Waals surface area contributed by atoms with Crippen LogP contribution in [0.25, 0.3) is 0 Å². The Morgan fingerprint density at radius 2 is 0.336 bits per heavy atom. The van der Waals surface area contributed by atoms with Crippen molar-refractivity contribution in [3.05, 3.63) is 0 Å².